The zero-order valence-corrected chi connectivity index (χ0v) is 43.0. The molecule has 5 aromatic carbocycles. The molecule has 0 bridgehead atoms. The molecular formula is C57H58GeIrN4O-2. The molecule has 4 heterocycles. The van der Waals surface area contributed by atoms with Crippen LogP contribution in [-0.4, -0.2) is 32.8 Å². The minimum absolute atomic E-state index is 0. The van der Waals surface area contributed by atoms with Crippen LogP contribution in [0, 0.1) is 38.8 Å². The minimum atomic E-state index is -1.89. The molecule has 10 rings (SSSR count). The van der Waals surface area contributed by atoms with E-state index in [1.165, 1.54) is 66.3 Å². The van der Waals surface area contributed by atoms with Gasteiger partial charge in [0.05, 0.1) is 22.4 Å². The number of hydrogen-bond acceptors (Lipinski definition) is 4. The molecule has 5 nitrogen and oxygen atoms in total. The van der Waals surface area contributed by atoms with E-state index in [0.717, 1.165) is 67.3 Å². The number of furan rings is 1. The Morgan fingerprint density at radius 2 is 1.50 bits per heavy atom. The molecule has 0 atom stereocenters. The van der Waals surface area contributed by atoms with Crippen LogP contribution in [0.15, 0.2) is 126 Å². The quantitative estimate of drug-likeness (QED) is 0.112. The van der Waals surface area contributed by atoms with Gasteiger partial charge in [0.1, 0.15) is 0 Å². The van der Waals surface area contributed by atoms with Gasteiger partial charge in [-0.25, -0.2) is 4.98 Å². The summed E-state index contributed by atoms with van der Waals surface area (Å²) in [4.78, 5) is 14.7. The molecule has 0 unspecified atom stereocenters. The molecule has 0 spiro atoms. The van der Waals surface area contributed by atoms with Crippen LogP contribution in [0.2, 0.25) is 17.3 Å². The normalized spacial score (nSPS) is 13.3. The zero-order chi connectivity index (χ0) is 43.8. The van der Waals surface area contributed by atoms with Crippen molar-refractivity contribution in [1.29, 1.82) is 0 Å². The van der Waals surface area contributed by atoms with Crippen LogP contribution in [0.5, 0.6) is 0 Å². The monoisotopic (exact) mass is 1080 g/mol. The molecular weight excluding hydrogens is 1020 g/mol. The Kier molecular flexibility index (Phi) is 13.6. The first kappa shape index (κ1) is 45.4. The van der Waals surface area contributed by atoms with Crippen molar-refractivity contribution in [3.05, 3.63) is 162 Å². The molecule has 327 valence electrons. The van der Waals surface area contributed by atoms with Crippen molar-refractivity contribution in [2.24, 2.45) is 5.92 Å². The molecule has 1 aliphatic carbocycles. The van der Waals surface area contributed by atoms with Crippen LogP contribution in [0.4, 0.5) is 0 Å². The first-order chi connectivity index (χ1) is 30.4. The van der Waals surface area contributed by atoms with Gasteiger partial charge in [-0.15, -0.1) is 17.7 Å². The largest absolute Gasteiger partial charge is 0 e. The van der Waals surface area contributed by atoms with E-state index in [9.17, 15) is 0 Å². The Balaban J connectivity index is 0.000000199. The van der Waals surface area contributed by atoms with E-state index in [0.29, 0.717) is 11.6 Å². The fraction of sp³-hybridized carbons (Fsp3) is 0.281. The summed E-state index contributed by atoms with van der Waals surface area (Å²) in [6.07, 6.45) is 10.5. The summed E-state index contributed by atoms with van der Waals surface area (Å²) in [6.45, 7) is 10.8. The molecule has 64 heavy (non-hydrogen) atoms. The predicted molar refractivity (Wildman–Crippen MR) is 266 cm³/mol. The number of imidazole rings is 1. The van der Waals surface area contributed by atoms with Crippen LogP contribution in [-0.2, 0) is 26.5 Å². The average Bonchev–Trinajstić information content (AvgIpc) is 3.85. The maximum Gasteiger partial charge on any atom is 0 e. The molecule has 0 aliphatic heterocycles. The van der Waals surface area contributed by atoms with E-state index in [2.05, 4.69) is 159 Å². The molecule has 1 fully saturated rings. The first-order valence-corrected chi connectivity index (χ1v) is 30.1. The number of fused-ring (bicyclic) bond motifs is 4. The van der Waals surface area contributed by atoms with Gasteiger partial charge in [0, 0.05) is 36.9 Å². The van der Waals surface area contributed by atoms with E-state index in [1.807, 2.05) is 31.2 Å². The number of aromatic nitrogens is 4. The van der Waals surface area contributed by atoms with Crippen molar-refractivity contribution in [3.63, 3.8) is 0 Å². The number of rotatable bonds is 8. The number of para-hydroxylation sites is 2. The number of benzene rings is 5. The van der Waals surface area contributed by atoms with Crippen molar-refractivity contribution in [2.45, 2.75) is 96.3 Å². The van der Waals surface area contributed by atoms with Gasteiger partial charge in [-0.3, -0.25) is 4.98 Å². The SMILES string of the molecule is Cc1ccc2c(n1)oc1c(-c3nc4ccccc4n3-c3c(C)cc(-c4ccccc4)cc3C)[c-]cc(C(C)C)c12.[CH3][Ge]([CH3])([CH3])[c]1cnc(-c2[c-]cccc2)cc1CC1CCCCC1.[Ir]. The number of aryl methyl sites for hydroxylation is 3. The number of pyridine rings is 2. The maximum atomic E-state index is 6.54. The van der Waals surface area contributed by atoms with Crippen molar-refractivity contribution in [3.8, 4) is 39.5 Å². The van der Waals surface area contributed by atoms with Gasteiger partial charge in [-0.1, -0.05) is 73.2 Å². The molecule has 7 heteroatoms. The molecule has 4 aromatic heterocycles. The van der Waals surface area contributed by atoms with Crippen molar-refractivity contribution < 1.29 is 24.5 Å². The van der Waals surface area contributed by atoms with Gasteiger partial charge in [-0.2, -0.15) is 0 Å². The Bertz CT molecular complexity index is 3040. The second-order valence-electron chi connectivity index (χ2n) is 18.9. The number of hydrogen-bond donors (Lipinski definition) is 0. The average molecular weight is 1080 g/mol. The van der Waals surface area contributed by atoms with E-state index < -0.39 is 13.3 Å². The molecule has 0 saturated heterocycles. The zero-order valence-electron chi connectivity index (χ0n) is 38.5. The molecule has 1 radical (unpaired) electrons. The Hall–Kier alpha value is -5.14. The Labute approximate surface area is 395 Å². The minimum Gasteiger partial charge on any atom is 0 e. The van der Waals surface area contributed by atoms with Crippen LogP contribution in [0.1, 0.15) is 79.8 Å². The van der Waals surface area contributed by atoms with E-state index in [1.54, 1.807) is 9.96 Å². The smallest absolute Gasteiger partial charge is 0 e. The van der Waals surface area contributed by atoms with Crippen molar-refractivity contribution >= 4 is 50.8 Å². The summed E-state index contributed by atoms with van der Waals surface area (Å²) in [6, 6.07) is 47.2. The second-order valence-corrected chi connectivity index (χ2v) is 29.5. The Morgan fingerprint density at radius 3 is 2.20 bits per heavy atom. The van der Waals surface area contributed by atoms with Gasteiger partial charge in [-0.05, 0) is 79.4 Å². The van der Waals surface area contributed by atoms with Crippen LogP contribution < -0.4 is 4.40 Å². The van der Waals surface area contributed by atoms with E-state index in [4.69, 9.17) is 19.4 Å². The maximum absolute atomic E-state index is 6.54. The summed E-state index contributed by atoms with van der Waals surface area (Å²) in [5.74, 6) is 9.45. The molecule has 1 saturated carbocycles. The summed E-state index contributed by atoms with van der Waals surface area (Å²) < 4.78 is 10.4. The van der Waals surface area contributed by atoms with Gasteiger partial charge in [0.2, 0.25) is 5.71 Å². The van der Waals surface area contributed by atoms with Gasteiger partial charge in [0.15, 0.2) is 0 Å². The second kappa shape index (κ2) is 19.1. The molecule has 9 aromatic rings. The summed E-state index contributed by atoms with van der Waals surface area (Å²) in [7, 11) is 0. The predicted octanol–water partition coefficient (Wildman–Crippen LogP) is 14.7. The van der Waals surface area contributed by atoms with Gasteiger partial charge >= 0.3 is 144 Å². The fourth-order valence-electron chi connectivity index (χ4n) is 9.71. The summed E-state index contributed by atoms with van der Waals surface area (Å²) >= 11 is -1.89. The van der Waals surface area contributed by atoms with Crippen molar-refractivity contribution in [2.75, 3.05) is 0 Å². The van der Waals surface area contributed by atoms with Crippen LogP contribution >= 0.6 is 0 Å². The topological polar surface area (TPSA) is 56.7 Å². The third kappa shape index (κ3) is 9.20. The van der Waals surface area contributed by atoms with Crippen molar-refractivity contribution in [1.82, 2.24) is 19.5 Å². The summed E-state index contributed by atoms with van der Waals surface area (Å²) in [5, 5.41) is 2.12. The van der Waals surface area contributed by atoms with Gasteiger partial charge < -0.3 is 8.98 Å². The van der Waals surface area contributed by atoms with Gasteiger partial charge in [0.25, 0.3) is 0 Å². The Morgan fingerprint density at radius 1 is 0.781 bits per heavy atom. The van der Waals surface area contributed by atoms with E-state index in [-0.39, 0.29) is 20.1 Å². The third-order valence-electron chi connectivity index (χ3n) is 12.8. The first-order valence-electron chi connectivity index (χ1n) is 22.8. The summed E-state index contributed by atoms with van der Waals surface area (Å²) in [5.41, 5.74) is 16.1. The van der Waals surface area contributed by atoms with Crippen LogP contribution in [0.3, 0.4) is 0 Å². The van der Waals surface area contributed by atoms with E-state index >= 15 is 0 Å². The molecule has 0 amide bonds. The number of nitrogens with zero attached hydrogens (tertiary/aromatic N) is 4. The molecule has 0 N–H and O–H groups in total. The third-order valence-corrected chi connectivity index (χ3v) is 17.2. The molecule has 1 aliphatic rings. The standard InChI is InChI=1S/C36H30N3O.C21H28GeN.Ir/c1-21(2)27-17-18-29(34-32(27)28-16-15-24(5)37-36(28)40-34)35-38-30-13-9-10-14-31(30)39(35)33-22(3)19-26(20-23(33)4)25-11-7-6-8-12-25;1-22(2,3)20-16-23-21(18-12-8-5-9-13-18)15-19(20)14-17-10-6-4-7-11-17;/h6-17,19-21H,1-5H3;5,8-9,12,15-17H,4,6-7,10-11,14H2,1-3H3;/q2*-1;. The fourth-order valence-corrected chi connectivity index (χ4v) is 13.0. The van der Waals surface area contributed by atoms with Crippen LogP contribution in [0.25, 0.3) is 72.6 Å².